The SMILES string of the molecule is CCCCc1c(F)n(CCC(C)C)c(=O)n1Cc1ccc(-c2ccccc2-n2cnnn2)cc1. The van der Waals surface area contributed by atoms with Crippen LogP contribution in [0.3, 0.4) is 0 Å². The van der Waals surface area contributed by atoms with Gasteiger partial charge in [-0.2, -0.15) is 9.07 Å². The Morgan fingerprint density at radius 1 is 1.03 bits per heavy atom. The van der Waals surface area contributed by atoms with Gasteiger partial charge in [-0.25, -0.2) is 4.79 Å². The van der Waals surface area contributed by atoms with Gasteiger partial charge in [0.25, 0.3) is 0 Å². The number of benzene rings is 2. The van der Waals surface area contributed by atoms with Gasteiger partial charge < -0.3 is 0 Å². The average Bonchev–Trinajstić information content (AvgIpc) is 3.45. The van der Waals surface area contributed by atoms with Gasteiger partial charge in [-0.15, -0.1) is 5.10 Å². The van der Waals surface area contributed by atoms with E-state index in [4.69, 9.17) is 0 Å². The zero-order valence-electron chi connectivity index (χ0n) is 20.0. The number of tetrazole rings is 1. The lowest BCUT2D eigenvalue weighted by atomic mass is 10.0. The molecule has 4 aromatic rings. The van der Waals surface area contributed by atoms with E-state index < -0.39 is 0 Å². The normalized spacial score (nSPS) is 11.4. The number of imidazole rings is 1. The van der Waals surface area contributed by atoms with E-state index in [1.807, 2.05) is 48.5 Å². The van der Waals surface area contributed by atoms with Crippen molar-refractivity contribution in [3.8, 4) is 16.8 Å². The minimum absolute atomic E-state index is 0.266. The molecule has 0 saturated carbocycles. The number of hydrogen-bond acceptors (Lipinski definition) is 4. The van der Waals surface area contributed by atoms with Gasteiger partial charge in [0, 0.05) is 12.1 Å². The van der Waals surface area contributed by atoms with Crippen LogP contribution in [0, 0.1) is 11.9 Å². The highest BCUT2D eigenvalue weighted by Gasteiger charge is 2.20. The van der Waals surface area contributed by atoms with Gasteiger partial charge in [-0.3, -0.25) is 9.13 Å². The Kier molecular flexibility index (Phi) is 7.35. The van der Waals surface area contributed by atoms with Crippen molar-refractivity contribution in [2.75, 3.05) is 0 Å². The summed E-state index contributed by atoms with van der Waals surface area (Å²) in [5.41, 5.74) is 4.07. The number of para-hydroxylation sites is 1. The minimum Gasteiger partial charge on any atom is -0.289 e. The standard InChI is InChI=1S/C26H31FN6O/c1-4-5-9-24-25(27)31(16-15-19(2)3)26(34)32(24)17-20-11-13-21(14-12-20)22-8-6-7-10-23(22)33-18-28-29-30-33/h6-8,10-14,18-19H,4-5,9,15-17H2,1-3H3. The number of nitrogens with zero attached hydrogens (tertiary/aromatic N) is 6. The molecule has 2 heterocycles. The van der Waals surface area contributed by atoms with Crippen molar-refractivity contribution in [1.29, 1.82) is 0 Å². The fraction of sp³-hybridized carbons (Fsp3) is 0.385. The number of hydrogen-bond donors (Lipinski definition) is 0. The molecule has 2 aromatic carbocycles. The predicted molar refractivity (Wildman–Crippen MR) is 130 cm³/mol. The maximum absolute atomic E-state index is 15.2. The molecule has 8 heteroatoms. The van der Waals surface area contributed by atoms with Crippen LogP contribution in [0.2, 0.25) is 0 Å². The first-order valence-corrected chi connectivity index (χ1v) is 11.9. The number of rotatable bonds is 10. The number of unbranched alkanes of at least 4 members (excludes halogenated alkanes) is 1. The Morgan fingerprint density at radius 2 is 1.79 bits per heavy atom. The zero-order valence-corrected chi connectivity index (χ0v) is 20.0. The molecule has 2 aromatic heterocycles. The van der Waals surface area contributed by atoms with E-state index in [0.29, 0.717) is 31.1 Å². The summed E-state index contributed by atoms with van der Waals surface area (Å²) >= 11 is 0. The topological polar surface area (TPSA) is 70.5 Å². The average molecular weight is 463 g/mol. The van der Waals surface area contributed by atoms with Crippen LogP contribution in [0.1, 0.15) is 51.3 Å². The van der Waals surface area contributed by atoms with E-state index in [0.717, 1.165) is 41.6 Å². The van der Waals surface area contributed by atoms with Crippen molar-refractivity contribution in [2.24, 2.45) is 5.92 Å². The number of halogens is 1. The van der Waals surface area contributed by atoms with Crippen molar-refractivity contribution < 1.29 is 4.39 Å². The fourth-order valence-electron chi connectivity index (χ4n) is 4.10. The molecule has 0 bridgehead atoms. The molecule has 0 amide bonds. The van der Waals surface area contributed by atoms with Crippen molar-refractivity contribution in [3.05, 3.63) is 82.5 Å². The van der Waals surface area contributed by atoms with E-state index in [1.165, 1.54) is 4.57 Å². The summed E-state index contributed by atoms with van der Waals surface area (Å²) < 4.78 is 19.8. The van der Waals surface area contributed by atoms with Crippen molar-refractivity contribution in [3.63, 3.8) is 0 Å². The molecule has 34 heavy (non-hydrogen) atoms. The molecule has 0 radical (unpaired) electrons. The highest BCUT2D eigenvalue weighted by Crippen LogP contribution is 2.26. The van der Waals surface area contributed by atoms with Crippen molar-refractivity contribution in [2.45, 2.75) is 59.5 Å². The molecule has 0 N–H and O–H groups in total. The van der Waals surface area contributed by atoms with E-state index >= 15 is 4.39 Å². The van der Waals surface area contributed by atoms with E-state index in [2.05, 4.69) is 36.3 Å². The third kappa shape index (κ3) is 5.00. The molecular formula is C26H31FN6O. The van der Waals surface area contributed by atoms with Crippen LogP contribution in [0.25, 0.3) is 16.8 Å². The third-order valence-corrected chi connectivity index (χ3v) is 6.07. The molecule has 0 aliphatic carbocycles. The first-order chi connectivity index (χ1) is 16.5. The van der Waals surface area contributed by atoms with Gasteiger partial charge >= 0.3 is 5.69 Å². The van der Waals surface area contributed by atoms with Crippen LogP contribution < -0.4 is 5.69 Å². The van der Waals surface area contributed by atoms with Gasteiger partial charge in [0.15, 0.2) is 0 Å². The summed E-state index contributed by atoms with van der Waals surface area (Å²) in [4.78, 5) is 13.1. The largest absolute Gasteiger partial charge is 0.330 e. The Bertz CT molecular complexity index is 1270. The molecule has 0 atom stereocenters. The summed E-state index contributed by atoms with van der Waals surface area (Å²) in [6, 6.07) is 15.9. The second kappa shape index (κ2) is 10.6. The van der Waals surface area contributed by atoms with Gasteiger partial charge in [0.05, 0.1) is 17.9 Å². The first-order valence-electron chi connectivity index (χ1n) is 11.9. The molecule has 7 nitrogen and oxygen atoms in total. The minimum atomic E-state index is -0.383. The fourth-order valence-corrected chi connectivity index (χ4v) is 4.10. The lowest BCUT2D eigenvalue weighted by molar-refractivity contribution is 0.434. The van der Waals surface area contributed by atoms with Gasteiger partial charge in [0.2, 0.25) is 5.95 Å². The maximum atomic E-state index is 15.2. The second-order valence-corrected chi connectivity index (χ2v) is 9.01. The lowest BCUT2D eigenvalue weighted by Gasteiger charge is -2.11. The quantitative estimate of drug-likeness (QED) is 0.337. The van der Waals surface area contributed by atoms with Crippen LogP contribution in [0.5, 0.6) is 0 Å². The van der Waals surface area contributed by atoms with Crippen LogP contribution >= 0.6 is 0 Å². The van der Waals surface area contributed by atoms with E-state index in [-0.39, 0.29) is 11.6 Å². The van der Waals surface area contributed by atoms with Gasteiger partial charge in [0.1, 0.15) is 6.33 Å². The van der Waals surface area contributed by atoms with Crippen LogP contribution in [-0.2, 0) is 19.5 Å². The molecule has 0 fully saturated rings. The molecule has 0 saturated heterocycles. The molecule has 0 unspecified atom stereocenters. The molecule has 0 aliphatic heterocycles. The van der Waals surface area contributed by atoms with Crippen molar-refractivity contribution >= 4 is 0 Å². The summed E-state index contributed by atoms with van der Waals surface area (Å²) in [6.45, 7) is 6.98. The second-order valence-electron chi connectivity index (χ2n) is 9.01. The van der Waals surface area contributed by atoms with Crippen LogP contribution in [0.4, 0.5) is 4.39 Å². The third-order valence-electron chi connectivity index (χ3n) is 6.07. The van der Waals surface area contributed by atoms with Crippen LogP contribution in [0.15, 0.2) is 59.7 Å². The Hall–Kier alpha value is -3.55. The molecule has 0 aliphatic rings. The van der Waals surface area contributed by atoms with Gasteiger partial charge in [-0.05, 0) is 52.8 Å². The smallest absolute Gasteiger partial charge is 0.289 e. The lowest BCUT2D eigenvalue weighted by Crippen LogP contribution is -2.26. The molecular weight excluding hydrogens is 431 g/mol. The highest BCUT2D eigenvalue weighted by atomic mass is 19.1. The van der Waals surface area contributed by atoms with E-state index in [9.17, 15) is 4.79 Å². The first kappa shape index (κ1) is 23.6. The summed E-state index contributed by atoms with van der Waals surface area (Å²) in [5, 5.41) is 11.5. The maximum Gasteiger partial charge on any atom is 0.330 e. The molecule has 178 valence electrons. The monoisotopic (exact) mass is 462 g/mol. The molecule has 4 rings (SSSR count). The Balaban J connectivity index is 1.63. The number of aromatic nitrogens is 6. The van der Waals surface area contributed by atoms with Crippen LogP contribution in [-0.4, -0.2) is 29.3 Å². The summed E-state index contributed by atoms with van der Waals surface area (Å²) in [7, 11) is 0. The highest BCUT2D eigenvalue weighted by molar-refractivity contribution is 5.72. The Morgan fingerprint density at radius 3 is 2.47 bits per heavy atom. The van der Waals surface area contributed by atoms with Crippen molar-refractivity contribution in [1.82, 2.24) is 29.3 Å². The predicted octanol–water partition coefficient (Wildman–Crippen LogP) is 4.87. The molecule has 0 spiro atoms. The zero-order chi connectivity index (χ0) is 24.1. The van der Waals surface area contributed by atoms with E-state index in [1.54, 1.807) is 15.6 Å². The summed E-state index contributed by atoms with van der Waals surface area (Å²) in [5.74, 6) is 0.0172. The van der Waals surface area contributed by atoms with Gasteiger partial charge in [-0.1, -0.05) is 69.7 Å². The summed E-state index contributed by atoms with van der Waals surface area (Å²) in [6.07, 6.45) is 4.68. The Labute approximate surface area is 198 Å².